The normalized spacial score (nSPS) is 20.1. The van der Waals surface area contributed by atoms with Gasteiger partial charge in [-0.25, -0.2) is 18.1 Å². The van der Waals surface area contributed by atoms with E-state index in [0.717, 1.165) is 29.3 Å². The molecule has 8 nitrogen and oxygen atoms in total. The largest absolute Gasteiger partial charge is 0.324 e. The fourth-order valence-electron chi connectivity index (χ4n) is 3.15. The van der Waals surface area contributed by atoms with Crippen molar-refractivity contribution in [2.75, 3.05) is 16.8 Å². The van der Waals surface area contributed by atoms with Crippen molar-refractivity contribution in [3.63, 3.8) is 0 Å². The van der Waals surface area contributed by atoms with Crippen molar-refractivity contribution in [1.82, 2.24) is 5.01 Å². The minimum atomic E-state index is -1.22. The van der Waals surface area contributed by atoms with Crippen molar-refractivity contribution in [1.29, 1.82) is 0 Å². The van der Waals surface area contributed by atoms with Crippen LogP contribution in [0.25, 0.3) is 0 Å². The van der Waals surface area contributed by atoms with Gasteiger partial charge in [-0.15, -0.1) is 0 Å². The predicted molar refractivity (Wildman–Crippen MR) is 98.0 cm³/mol. The first kappa shape index (κ1) is 19.8. The molecule has 1 saturated heterocycles. The van der Waals surface area contributed by atoms with Crippen LogP contribution in [-0.4, -0.2) is 41.4 Å². The van der Waals surface area contributed by atoms with Crippen molar-refractivity contribution in [2.24, 2.45) is 10.3 Å². The highest BCUT2D eigenvalue weighted by molar-refractivity contribution is 6.31. The number of benzene rings is 2. The second-order valence-corrected chi connectivity index (χ2v) is 6.89. The molecule has 0 aromatic heterocycles. The number of anilines is 2. The molecule has 0 radical (unpaired) electrons. The zero-order chi connectivity index (χ0) is 21.6. The van der Waals surface area contributed by atoms with E-state index in [2.05, 4.69) is 15.7 Å². The summed E-state index contributed by atoms with van der Waals surface area (Å²) in [5.41, 5.74) is 0.0650. The molecule has 2 atom stereocenters. The molecule has 3 amide bonds. The van der Waals surface area contributed by atoms with Crippen LogP contribution in [0.1, 0.15) is 0 Å². The number of hydrogen-bond donors (Lipinski definition) is 1. The summed E-state index contributed by atoms with van der Waals surface area (Å²) >= 11 is 5.66. The van der Waals surface area contributed by atoms with Gasteiger partial charge in [0, 0.05) is 11.8 Å². The van der Waals surface area contributed by atoms with Crippen LogP contribution in [0, 0.1) is 17.5 Å². The van der Waals surface area contributed by atoms with Gasteiger partial charge >= 0.3 is 0 Å². The van der Waals surface area contributed by atoms with Gasteiger partial charge in [-0.2, -0.15) is 5.11 Å². The van der Waals surface area contributed by atoms with E-state index >= 15 is 0 Å². The maximum atomic E-state index is 13.5. The molecule has 1 fully saturated rings. The third-order valence-electron chi connectivity index (χ3n) is 4.53. The number of nitrogens with one attached hydrogen (secondary N) is 1. The molecule has 0 bridgehead atoms. The smallest absolute Gasteiger partial charge is 0.263 e. The van der Waals surface area contributed by atoms with Gasteiger partial charge in [-0.3, -0.25) is 19.4 Å². The first-order valence-electron chi connectivity index (χ1n) is 8.51. The van der Waals surface area contributed by atoms with Gasteiger partial charge in [-0.1, -0.05) is 16.8 Å². The number of amides is 3. The lowest BCUT2D eigenvalue weighted by molar-refractivity contribution is -0.123. The van der Waals surface area contributed by atoms with Crippen LogP contribution in [0.3, 0.4) is 0 Å². The number of carbonyl (C=O) groups is 3. The highest BCUT2D eigenvalue weighted by Crippen LogP contribution is 2.32. The molecule has 2 heterocycles. The third-order valence-corrected chi connectivity index (χ3v) is 4.82. The maximum Gasteiger partial charge on any atom is 0.263 e. The summed E-state index contributed by atoms with van der Waals surface area (Å²) in [6.07, 6.45) is 0. The van der Waals surface area contributed by atoms with Crippen molar-refractivity contribution in [2.45, 2.75) is 12.1 Å². The number of nitrogens with zero attached hydrogens (tertiary/aromatic N) is 4. The van der Waals surface area contributed by atoms with E-state index in [4.69, 9.17) is 11.6 Å². The van der Waals surface area contributed by atoms with E-state index in [-0.39, 0.29) is 16.4 Å². The zero-order valence-corrected chi connectivity index (χ0v) is 15.6. The van der Waals surface area contributed by atoms with E-state index < -0.39 is 53.8 Å². The molecule has 0 unspecified atom stereocenters. The lowest BCUT2D eigenvalue weighted by Crippen LogP contribution is -2.43. The SMILES string of the molecule is O=C(CN1N=N[C@H]2C(=O)N(c3ccc(F)c(F)c3)C(=O)[C@H]21)Nc1ccc(F)c(Cl)c1. The predicted octanol–water partition coefficient (Wildman–Crippen LogP) is 2.69. The zero-order valence-electron chi connectivity index (χ0n) is 14.9. The van der Waals surface area contributed by atoms with Crippen molar-refractivity contribution in [3.8, 4) is 0 Å². The highest BCUT2D eigenvalue weighted by Gasteiger charge is 2.55. The Labute approximate surface area is 171 Å². The number of fused-ring (bicyclic) bond motifs is 1. The first-order chi connectivity index (χ1) is 14.3. The van der Waals surface area contributed by atoms with Gasteiger partial charge in [-0.05, 0) is 30.3 Å². The Kier molecular flexibility index (Phi) is 4.90. The standard InChI is InChI=1S/C18H11ClF3N5O3/c19-10-5-8(1-3-11(10)20)23-14(28)7-26-16-15(24-25-26)17(29)27(18(16)30)9-2-4-12(21)13(22)6-9/h1-6,15-16H,7H2,(H,23,28)/t15-,16+/m1/s1. The summed E-state index contributed by atoms with van der Waals surface area (Å²) in [4.78, 5) is 38.3. The van der Waals surface area contributed by atoms with E-state index in [9.17, 15) is 27.6 Å². The molecular formula is C18H11ClF3N5O3. The number of carbonyl (C=O) groups excluding carboxylic acids is 3. The molecule has 2 aliphatic heterocycles. The van der Waals surface area contributed by atoms with Crippen LogP contribution in [0.15, 0.2) is 46.7 Å². The van der Waals surface area contributed by atoms with Crippen LogP contribution in [0.4, 0.5) is 24.5 Å². The Morgan fingerprint density at radius 2 is 1.77 bits per heavy atom. The van der Waals surface area contributed by atoms with Gasteiger partial charge in [0.2, 0.25) is 5.91 Å². The van der Waals surface area contributed by atoms with Gasteiger partial charge in [0.25, 0.3) is 11.8 Å². The van der Waals surface area contributed by atoms with Gasteiger partial charge < -0.3 is 5.32 Å². The Bertz CT molecular complexity index is 1110. The van der Waals surface area contributed by atoms with E-state index in [1.165, 1.54) is 12.1 Å². The molecule has 12 heteroatoms. The Morgan fingerprint density at radius 1 is 1.03 bits per heavy atom. The third kappa shape index (κ3) is 3.36. The van der Waals surface area contributed by atoms with Crippen LogP contribution in [0.2, 0.25) is 5.02 Å². The second-order valence-electron chi connectivity index (χ2n) is 6.48. The van der Waals surface area contributed by atoms with Gasteiger partial charge in [0.05, 0.1) is 10.7 Å². The topological polar surface area (TPSA) is 94.4 Å². The average molecular weight is 438 g/mol. The average Bonchev–Trinajstić information content (AvgIpc) is 3.21. The molecule has 0 saturated carbocycles. The molecule has 2 aliphatic rings. The molecule has 4 rings (SSSR count). The summed E-state index contributed by atoms with van der Waals surface area (Å²) in [5.74, 6) is -5.17. The van der Waals surface area contributed by atoms with Crippen molar-refractivity contribution in [3.05, 3.63) is 58.9 Å². The quantitative estimate of drug-likeness (QED) is 0.744. The van der Waals surface area contributed by atoms with E-state index in [1.807, 2.05) is 0 Å². The molecule has 0 spiro atoms. The van der Waals surface area contributed by atoms with Gasteiger partial charge in [0.1, 0.15) is 12.4 Å². The fourth-order valence-corrected chi connectivity index (χ4v) is 3.33. The number of imide groups is 1. The summed E-state index contributed by atoms with van der Waals surface area (Å²) in [5, 5.41) is 10.7. The van der Waals surface area contributed by atoms with Crippen LogP contribution in [0.5, 0.6) is 0 Å². The Hall–Kier alpha value is -3.47. The molecule has 0 aliphatic carbocycles. The molecule has 30 heavy (non-hydrogen) atoms. The molecule has 2 aromatic rings. The summed E-state index contributed by atoms with van der Waals surface area (Å²) in [7, 11) is 0. The molecule has 1 N–H and O–H groups in total. The highest BCUT2D eigenvalue weighted by atomic mass is 35.5. The number of hydrogen-bond acceptors (Lipinski definition) is 6. The molecular weight excluding hydrogens is 427 g/mol. The minimum absolute atomic E-state index is 0.154. The van der Waals surface area contributed by atoms with Crippen LogP contribution in [-0.2, 0) is 14.4 Å². The fraction of sp³-hybridized carbons (Fsp3) is 0.167. The van der Waals surface area contributed by atoms with Gasteiger partial charge in [0.15, 0.2) is 23.7 Å². The lowest BCUT2D eigenvalue weighted by atomic mass is 10.1. The number of halogens is 4. The minimum Gasteiger partial charge on any atom is -0.324 e. The van der Waals surface area contributed by atoms with Crippen LogP contribution < -0.4 is 10.2 Å². The molecule has 2 aromatic carbocycles. The summed E-state index contributed by atoms with van der Waals surface area (Å²) in [6, 6.07) is 3.76. The monoisotopic (exact) mass is 437 g/mol. The van der Waals surface area contributed by atoms with E-state index in [0.29, 0.717) is 4.90 Å². The lowest BCUT2D eigenvalue weighted by Gasteiger charge is -2.20. The number of rotatable bonds is 4. The summed E-state index contributed by atoms with van der Waals surface area (Å²) in [6.45, 7) is -0.440. The van der Waals surface area contributed by atoms with Crippen molar-refractivity contribution < 1.29 is 27.6 Å². The summed E-state index contributed by atoms with van der Waals surface area (Å²) < 4.78 is 39.9. The van der Waals surface area contributed by atoms with E-state index in [1.54, 1.807) is 0 Å². The first-order valence-corrected chi connectivity index (χ1v) is 8.89. The van der Waals surface area contributed by atoms with Crippen LogP contribution >= 0.6 is 11.6 Å². The maximum absolute atomic E-state index is 13.5. The Balaban J connectivity index is 1.49. The van der Waals surface area contributed by atoms with Crippen molar-refractivity contribution >= 4 is 40.7 Å². The molecule has 154 valence electrons. The Morgan fingerprint density at radius 3 is 2.47 bits per heavy atom. The second kappa shape index (κ2) is 7.41.